The number of furan rings is 1. The van der Waals surface area contributed by atoms with Crippen LogP contribution in [-0.4, -0.2) is 17.5 Å². The van der Waals surface area contributed by atoms with Crippen LogP contribution in [-0.2, 0) is 17.6 Å². The molecule has 0 bridgehead atoms. The standard InChI is InChI=1S/C32H31N3O3/c1-3-22-17-19-25(20-18-22)33-32(37)30-21(2)28-26(15-10-16-27(28)38-30)34-35-31(36)29(23-11-6-4-7-12-23)24-13-8-5-9-14-24/h4-9,11-14,17-20,29H,3,10,15-16H2,1-2H3,(H,33,37)(H,35,36)/b34-26+. The molecule has 1 aliphatic carbocycles. The molecule has 3 aromatic carbocycles. The van der Waals surface area contributed by atoms with Crippen LogP contribution in [0.15, 0.2) is 94.4 Å². The van der Waals surface area contributed by atoms with Crippen molar-refractivity contribution in [1.82, 2.24) is 5.43 Å². The molecule has 0 aliphatic heterocycles. The monoisotopic (exact) mass is 505 g/mol. The number of carbonyl (C=O) groups is 2. The minimum Gasteiger partial charge on any atom is -0.455 e. The fraction of sp³-hybridized carbons (Fsp3) is 0.219. The molecule has 0 saturated carbocycles. The van der Waals surface area contributed by atoms with Gasteiger partial charge in [-0.1, -0.05) is 79.7 Å². The van der Waals surface area contributed by atoms with Crippen LogP contribution in [0.25, 0.3) is 0 Å². The average molecular weight is 506 g/mol. The minimum absolute atomic E-state index is 0.211. The van der Waals surface area contributed by atoms with Gasteiger partial charge in [0.05, 0.1) is 11.6 Å². The van der Waals surface area contributed by atoms with Crippen LogP contribution in [0, 0.1) is 6.92 Å². The summed E-state index contributed by atoms with van der Waals surface area (Å²) in [5, 5.41) is 7.49. The molecule has 0 fully saturated rings. The summed E-state index contributed by atoms with van der Waals surface area (Å²) >= 11 is 0. The van der Waals surface area contributed by atoms with E-state index < -0.39 is 5.92 Å². The Kier molecular flexibility index (Phi) is 7.50. The second kappa shape index (κ2) is 11.3. The van der Waals surface area contributed by atoms with Gasteiger partial charge in [0.1, 0.15) is 5.76 Å². The van der Waals surface area contributed by atoms with Gasteiger partial charge in [0, 0.05) is 23.2 Å². The third kappa shape index (κ3) is 5.30. The number of hydrogen-bond acceptors (Lipinski definition) is 4. The Bertz CT molecular complexity index is 1420. The lowest BCUT2D eigenvalue weighted by Crippen LogP contribution is -2.28. The van der Waals surface area contributed by atoms with Crippen LogP contribution in [0.1, 0.15) is 69.8 Å². The van der Waals surface area contributed by atoms with E-state index in [-0.39, 0.29) is 17.6 Å². The Morgan fingerprint density at radius 1 is 0.895 bits per heavy atom. The smallest absolute Gasteiger partial charge is 0.291 e. The predicted molar refractivity (Wildman–Crippen MR) is 150 cm³/mol. The first-order valence-electron chi connectivity index (χ1n) is 13.0. The molecule has 1 aromatic heterocycles. The zero-order chi connectivity index (χ0) is 26.5. The van der Waals surface area contributed by atoms with Crippen LogP contribution in [0.4, 0.5) is 5.69 Å². The molecule has 2 amide bonds. The van der Waals surface area contributed by atoms with Crippen molar-refractivity contribution < 1.29 is 14.0 Å². The third-order valence-corrected chi connectivity index (χ3v) is 6.98. The largest absolute Gasteiger partial charge is 0.455 e. The van der Waals surface area contributed by atoms with Gasteiger partial charge in [-0.05, 0) is 55.0 Å². The molecule has 0 radical (unpaired) electrons. The van der Waals surface area contributed by atoms with Crippen LogP contribution in [0.5, 0.6) is 0 Å². The van der Waals surface area contributed by atoms with Crippen molar-refractivity contribution in [2.75, 3.05) is 5.32 Å². The highest BCUT2D eigenvalue weighted by atomic mass is 16.4. The number of anilines is 1. The molecule has 6 nitrogen and oxygen atoms in total. The molecule has 0 saturated heterocycles. The molecule has 38 heavy (non-hydrogen) atoms. The van der Waals surface area contributed by atoms with Crippen molar-refractivity contribution in [2.45, 2.75) is 45.4 Å². The van der Waals surface area contributed by atoms with Gasteiger partial charge >= 0.3 is 0 Å². The quantitative estimate of drug-likeness (QED) is 0.285. The normalized spacial score (nSPS) is 13.8. The zero-order valence-electron chi connectivity index (χ0n) is 21.7. The topological polar surface area (TPSA) is 83.7 Å². The Balaban J connectivity index is 1.38. The number of nitrogens with zero attached hydrogens (tertiary/aromatic N) is 1. The number of carbonyl (C=O) groups excluding carboxylic acids is 2. The molecule has 1 heterocycles. The van der Waals surface area contributed by atoms with Crippen LogP contribution < -0.4 is 10.7 Å². The highest BCUT2D eigenvalue weighted by Gasteiger charge is 2.29. The fourth-order valence-corrected chi connectivity index (χ4v) is 4.98. The maximum absolute atomic E-state index is 13.4. The molecule has 0 unspecified atom stereocenters. The maximum atomic E-state index is 13.4. The van der Waals surface area contributed by atoms with Crippen LogP contribution in [0.2, 0.25) is 0 Å². The molecular weight excluding hydrogens is 474 g/mol. The summed E-state index contributed by atoms with van der Waals surface area (Å²) in [7, 11) is 0. The highest BCUT2D eigenvalue weighted by molar-refractivity contribution is 6.09. The third-order valence-electron chi connectivity index (χ3n) is 6.98. The first-order valence-corrected chi connectivity index (χ1v) is 13.0. The Hall–Kier alpha value is -4.45. The molecule has 192 valence electrons. The lowest BCUT2D eigenvalue weighted by Gasteiger charge is -2.18. The van der Waals surface area contributed by atoms with E-state index >= 15 is 0 Å². The van der Waals surface area contributed by atoms with Crippen molar-refractivity contribution >= 4 is 23.2 Å². The van der Waals surface area contributed by atoms with Crippen LogP contribution >= 0.6 is 0 Å². The van der Waals surface area contributed by atoms with E-state index in [2.05, 4.69) is 22.8 Å². The molecule has 2 N–H and O–H groups in total. The minimum atomic E-state index is -0.490. The van der Waals surface area contributed by atoms with Gasteiger partial charge in [0.2, 0.25) is 0 Å². The van der Waals surface area contributed by atoms with Crippen molar-refractivity contribution in [1.29, 1.82) is 0 Å². The summed E-state index contributed by atoms with van der Waals surface area (Å²) in [5.41, 5.74) is 8.81. The van der Waals surface area contributed by atoms with E-state index in [1.165, 1.54) is 5.56 Å². The Morgan fingerprint density at radius 3 is 2.13 bits per heavy atom. The summed E-state index contributed by atoms with van der Waals surface area (Å²) in [6.07, 6.45) is 3.18. The van der Waals surface area contributed by atoms with E-state index in [1.54, 1.807) is 0 Å². The van der Waals surface area contributed by atoms with Crippen LogP contribution in [0.3, 0.4) is 0 Å². The number of aryl methyl sites for hydroxylation is 2. The molecule has 6 heteroatoms. The second-order valence-electron chi connectivity index (χ2n) is 9.50. The molecule has 1 aliphatic rings. The fourth-order valence-electron chi connectivity index (χ4n) is 4.98. The summed E-state index contributed by atoms with van der Waals surface area (Å²) in [6, 6.07) is 27.2. The van der Waals surface area contributed by atoms with E-state index in [0.717, 1.165) is 58.7 Å². The molecular formula is C32H31N3O3. The zero-order valence-corrected chi connectivity index (χ0v) is 21.7. The average Bonchev–Trinajstić information content (AvgIpc) is 3.30. The van der Waals surface area contributed by atoms with Gasteiger partial charge in [-0.3, -0.25) is 9.59 Å². The number of hydrazone groups is 1. The van der Waals surface area contributed by atoms with Gasteiger partial charge < -0.3 is 9.73 Å². The lowest BCUT2D eigenvalue weighted by atomic mass is 9.90. The number of amides is 2. The van der Waals surface area contributed by atoms with Gasteiger partial charge in [-0.2, -0.15) is 5.10 Å². The summed E-state index contributed by atoms with van der Waals surface area (Å²) in [5.74, 6) is 0.0166. The van der Waals surface area contributed by atoms with E-state index in [0.29, 0.717) is 6.42 Å². The number of fused-ring (bicyclic) bond motifs is 1. The van der Waals surface area contributed by atoms with Crippen molar-refractivity contribution in [3.63, 3.8) is 0 Å². The maximum Gasteiger partial charge on any atom is 0.291 e. The summed E-state index contributed by atoms with van der Waals surface area (Å²) in [4.78, 5) is 26.5. The highest BCUT2D eigenvalue weighted by Crippen LogP contribution is 2.31. The predicted octanol–water partition coefficient (Wildman–Crippen LogP) is 6.39. The number of rotatable bonds is 7. The first kappa shape index (κ1) is 25.2. The molecule has 0 atom stereocenters. The van der Waals surface area contributed by atoms with Gasteiger partial charge in [0.15, 0.2) is 5.76 Å². The van der Waals surface area contributed by atoms with Gasteiger partial charge in [-0.15, -0.1) is 0 Å². The van der Waals surface area contributed by atoms with E-state index in [9.17, 15) is 9.59 Å². The molecule has 4 aromatic rings. The Labute approximate surface area is 222 Å². The van der Waals surface area contributed by atoms with Gasteiger partial charge in [0.25, 0.3) is 11.8 Å². The summed E-state index contributed by atoms with van der Waals surface area (Å²) in [6.45, 7) is 3.96. The van der Waals surface area contributed by atoms with Crippen molar-refractivity contribution in [3.8, 4) is 0 Å². The number of hydrogen-bond donors (Lipinski definition) is 2. The van der Waals surface area contributed by atoms with Gasteiger partial charge in [-0.25, -0.2) is 5.43 Å². The van der Waals surface area contributed by atoms with E-state index in [4.69, 9.17) is 4.42 Å². The molecule has 0 spiro atoms. The van der Waals surface area contributed by atoms with Crippen molar-refractivity contribution in [3.05, 3.63) is 124 Å². The second-order valence-corrected chi connectivity index (χ2v) is 9.50. The number of benzene rings is 3. The Morgan fingerprint density at radius 2 is 1.53 bits per heavy atom. The molecule has 5 rings (SSSR count). The first-order chi connectivity index (χ1) is 18.5. The number of nitrogens with one attached hydrogen (secondary N) is 2. The van der Waals surface area contributed by atoms with Crippen molar-refractivity contribution in [2.24, 2.45) is 5.10 Å². The van der Waals surface area contributed by atoms with E-state index in [1.807, 2.05) is 91.9 Å². The SMILES string of the molecule is CCc1ccc(NC(=O)c2oc3c(c2C)/C(=N/NC(=O)C(c2ccccc2)c2ccccc2)CCC3)cc1. The summed E-state index contributed by atoms with van der Waals surface area (Å²) < 4.78 is 6.03. The lowest BCUT2D eigenvalue weighted by molar-refractivity contribution is -0.121.